The van der Waals surface area contributed by atoms with Crippen LogP contribution in [0.5, 0.6) is 0 Å². The molecular formula is C29H44N4O2. The third-order valence-corrected chi connectivity index (χ3v) is 6.37. The number of hydrogen-bond acceptors (Lipinski definition) is 6. The third-order valence-electron chi connectivity index (χ3n) is 6.37. The lowest BCUT2D eigenvalue weighted by atomic mass is 10.1. The smallest absolute Gasteiger partial charge is 0.0552 e. The summed E-state index contributed by atoms with van der Waals surface area (Å²) in [6.07, 6.45) is 7.65. The Kier molecular flexibility index (Phi) is 14.4. The molecule has 0 aliphatic heterocycles. The van der Waals surface area contributed by atoms with Gasteiger partial charge in [-0.15, -0.1) is 0 Å². The van der Waals surface area contributed by atoms with Crippen LogP contribution in [0.3, 0.4) is 0 Å². The summed E-state index contributed by atoms with van der Waals surface area (Å²) in [5.74, 6) is 0. The fourth-order valence-corrected chi connectivity index (χ4v) is 4.16. The van der Waals surface area contributed by atoms with Gasteiger partial charge in [-0.25, -0.2) is 0 Å². The van der Waals surface area contributed by atoms with Crippen LogP contribution >= 0.6 is 0 Å². The van der Waals surface area contributed by atoms with Gasteiger partial charge in [-0.05, 0) is 50.9 Å². The van der Waals surface area contributed by atoms with Gasteiger partial charge in [0.2, 0.25) is 0 Å². The van der Waals surface area contributed by atoms with E-state index in [0.717, 1.165) is 63.5 Å². The van der Waals surface area contributed by atoms with Crippen molar-refractivity contribution in [2.24, 2.45) is 10.3 Å². The van der Waals surface area contributed by atoms with E-state index in [9.17, 15) is 0 Å². The van der Waals surface area contributed by atoms with E-state index in [-0.39, 0.29) is 0 Å². The van der Waals surface area contributed by atoms with Gasteiger partial charge >= 0.3 is 0 Å². The Bertz CT molecular complexity index is 784. The fourth-order valence-electron chi connectivity index (χ4n) is 4.16. The normalized spacial score (nSPS) is 12.6. The van der Waals surface area contributed by atoms with Crippen molar-refractivity contribution in [1.29, 1.82) is 0 Å². The van der Waals surface area contributed by atoms with Crippen molar-refractivity contribution in [2.75, 3.05) is 26.2 Å². The van der Waals surface area contributed by atoms with Gasteiger partial charge in [0.05, 0.1) is 11.4 Å². The molecule has 0 unspecified atom stereocenters. The Morgan fingerprint density at radius 1 is 0.571 bits per heavy atom. The second-order valence-electron chi connectivity index (χ2n) is 9.46. The zero-order chi connectivity index (χ0) is 25.1. The standard InChI is InChI=1S/C29H44N4O2/c1-26(30-34)18-22-32(24-28-14-8-6-9-15-28)20-12-4-3-5-13-21-33(23-19-27(2)31-35)25-29-16-10-7-11-17-29/h6-11,14-17,34-35H,3-5,12-13,18-25H2,1-2H3/b30-26+,31-27+. The average molecular weight is 481 g/mol. The van der Waals surface area contributed by atoms with E-state index in [1.165, 1.54) is 43.2 Å². The molecule has 0 aliphatic rings. The van der Waals surface area contributed by atoms with Crippen LogP contribution in [0.2, 0.25) is 0 Å². The van der Waals surface area contributed by atoms with Gasteiger partial charge in [0.15, 0.2) is 0 Å². The number of unbranched alkanes of at least 4 members (excludes halogenated alkanes) is 4. The Labute approximate surface area is 211 Å². The van der Waals surface area contributed by atoms with Crippen LogP contribution in [-0.4, -0.2) is 57.8 Å². The molecule has 0 aliphatic carbocycles. The summed E-state index contributed by atoms with van der Waals surface area (Å²) in [7, 11) is 0. The molecule has 2 rings (SSSR count). The molecule has 6 heteroatoms. The van der Waals surface area contributed by atoms with Crippen LogP contribution in [0.25, 0.3) is 0 Å². The van der Waals surface area contributed by atoms with Crippen LogP contribution in [0.1, 0.15) is 69.9 Å². The van der Waals surface area contributed by atoms with E-state index >= 15 is 0 Å². The summed E-state index contributed by atoms with van der Waals surface area (Å²) in [4.78, 5) is 4.94. The van der Waals surface area contributed by atoms with Gasteiger partial charge in [0.1, 0.15) is 0 Å². The Morgan fingerprint density at radius 2 is 0.943 bits per heavy atom. The fraction of sp³-hybridized carbons (Fsp3) is 0.517. The minimum absolute atomic E-state index is 0.781. The lowest BCUT2D eigenvalue weighted by Gasteiger charge is -2.23. The highest BCUT2D eigenvalue weighted by Gasteiger charge is 2.09. The highest BCUT2D eigenvalue weighted by atomic mass is 16.4. The number of rotatable bonds is 18. The van der Waals surface area contributed by atoms with Crippen LogP contribution in [-0.2, 0) is 13.1 Å². The lowest BCUT2D eigenvalue weighted by molar-refractivity contribution is 0.256. The second kappa shape index (κ2) is 17.7. The van der Waals surface area contributed by atoms with E-state index in [1.807, 2.05) is 13.8 Å². The Hall–Kier alpha value is -2.70. The summed E-state index contributed by atoms with van der Waals surface area (Å²) in [5, 5.41) is 24.6. The van der Waals surface area contributed by atoms with Crippen molar-refractivity contribution in [2.45, 2.75) is 71.9 Å². The van der Waals surface area contributed by atoms with Crippen molar-refractivity contribution in [1.82, 2.24) is 9.80 Å². The topological polar surface area (TPSA) is 71.7 Å². The summed E-state index contributed by atoms with van der Waals surface area (Å²) in [5.41, 5.74) is 4.21. The molecule has 0 heterocycles. The maximum atomic E-state index is 8.98. The molecule has 2 aromatic carbocycles. The van der Waals surface area contributed by atoms with Crippen molar-refractivity contribution in [3.8, 4) is 0 Å². The first-order valence-electron chi connectivity index (χ1n) is 13.0. The Balaban J connectivity index is 1.70. The van der Waals surface area contributed by atoms with E-state index in [0.29, 0.717) is 0 Å². The zero-order valence-electron chi connectivity index (χ0n) is 21.6. The predicted octanol–water partition coefficient (Wildman–Crippen LogP) is 6.42. The molecule has 0 aromatic heterocycles. The number of nitrogens with zero attached hydrogens (tertiary/aromatic N) is 4. The SMILES string of the molecule is C/C(CCN(CCCCCCCN(CC/C(C)=N/O)Cc1ccccc1)Cc1ccccc1)=N\O. The van der Waals surface area contributed by atoms with Gasteiger partial charge in [-0.1, -0.05) is 90.2 Å². The van der Waals surface area contributed by atoms with E-state index in [4.69, 9.17) is 10.4 Å². The highest BCUT2D eigenvalue weighted by molar-refractivity contribution is 5.81. The molecule has 0 saturated heterocycles. The predicted molar refractivity (Wildman–Crippen MR) is 146 cm³/mol. The minimum atomic E-state index is 0.781. The monoisotopic (exact) mass is 480 g/mol. The number of hydrogen-bond donors (Lipinski definition) is 2. The molecule has 0 fully saturated rings. The first kappa shape index (κ1) is 28.5. The summed E-state index contributed by atoms with van der Waals surface area (Å²) < 4.78 is 0. The van der Waals surface area contributed by atoms with Crippen molar-refractivity contribution in [3.63, 3.8) is 0 Å². The van der Waals surface area contributed by atoms with Crippen LogP contribution in [0.15, 0.2) is 71.0 Å². The average Bonchev–Trinajstić information content (AvgIpc) is 2.90. The summed E-state index contributed by atoms with van der Waals surface area (Å²) in [6.45, 7) is 9.57. The minimum Gasteiger partial charge on any atom is -0.411 e. The molecule has 2 aromatic rings. The molecule has 192 valence electrons. The quantitative estimate of drug-likeness (QED) is 0.112. The summed E-state index contributed by atoms with van der Waals surface area (Å²) >= 11 is 0. The summed E-state index contributed by atoms with van der Waals surface area (Å²) in [6, 6.07) is 21.2. The number of benzene rings is 2. The highest BCUT2D eigenvalue weighted by Crippen LogP contribution is 2.12. The molecule has 0 saturated carbocycles. The maximum absolute atomic E-state index is 8.98. The van der Waals surface area contributed by atoms with Gasteiger partial charge in [-0.3, -0.25) is 9.80 Å². The van der Waals surface area contributed by atoms with Gasteiger partial charge in [0, 0.05) is 39.0 Å². The first-order chi connectivity index (χ1) is 17.1. The lowest BCUT2D eigenvalue weighted by Crippen LogP contribution is -2.27. The molecule has 35 heavy (non-hydrogen) atoms. The molecular weight excluding hydrogens is 436 g/mol. The number of oxime groups is 2. The van der Waals surface area contributed by atoms with E-state index in [2.05, 4.69) is 80.8 Å². The second-order valence-corrected chi connectivity index (χ2v) is 9.46. The molecule has 0 amide bonds. The zero-order valence-corrected chi connectivity index (χ0v) is 21.6. The van der Waals surface area contributed by atoms with Crippen molar-refractivity contribution in [3.05, 3.63) is 71.8 Å². The molecule has 6 nitrogen and oxygen atoms in total. The van der Waals surface area contributed by atoms with Crippen molar-refractivity contribution < 1.29 is 10.4 Å². The van der Waals surface area contributed by atoms with Gasteiger partial charge in [-0.2, -0.15) is 0 Å². The van der Waals surface area contributed by atoms with Crippen LogP contribution in [0.4, 0.5) is 0 Å². The van der Waals surface area contributed by atoms with Crippen LogP contribution in [0, 0.1) is 0 Å². The molecule has 0 bridgehead atoms. The first-order valence-corrected chi connectivity index (χ1v) is 13.0. The molecule has 0 atom stereocenters. The van der Waals surface area contributed by atoms with E-state index < -0.39 is 0 Å². The molecule has 2 N–H and O–H groups in total. The largest absolute Gasteiger partial charge is 0.411 e. The Morgan fingerprint density at radius 3 is 1.31 bits per heavy atom. The maximum Gasteiger partial charge on any atom is 0.0552 e. The van der Waals surface area contributed by atoms with Gasteiger partial charge < -0.3 is 10.4 Å². The van der Waals surface area contributed by atoms with Gasteiger partial charge in [0.25, 0.3) is 0 Å². The third kappa shape index (κ3) is 13.1. The molecule has 0 spiro atoms. The van der Waals surface area contributed by atoms with Crippen molar-refractivity contribution >= 4 is 11.4 Å². The molecule has 0 radical (unpaired) electrons. The van der Waals surface area contributed by atoms with E-state index in [1.54, 1.807) is 0 Å². The van der Waals surface area contributed by atoms with Crippen LogP contribution < -0.4 is 0 Å².